The average Bonchev–Trinajstić information content (AvgIpc) is 2.72. The summed E-state index contributed by atoms with van der Waals surface area (Å²) in [5.41, 5.74) is 0.0350. The lowest BCUT2D eigenvalue weighted by atomic mass is 9.81. The molecule has 1 saturated heterocycles. The highest BCUT2D eigenvalue weighted by Crippen LogP contribution is 2.62. The van der Waals surface area contributed by atoms with E-state index in [1.165, 1.54) is 6.42 Å². The van der Waals surface area contributed by atoms with Gasteiger partial charge in [0, 0.05) is 18.5 Å². The summed E-state index contributed by atoms with van der Waals surface area (Å²) >= 11 is 0. The zero-order valence-electron chi connectivity index (χ0n) is 9.09. The van der Waals surface area contributed by atoms with Crippen LogP contribution >= 0.6 is 0 Å². The second-order valence-electron chi connectivity index (χ2n) is 5.53. The zero-order valence-corrected chi connectivity index (χ0v) is 9.09. The van der Waals surface area contributed by atoms with Gasteiger partial charge in [-0.1, -0.05) is 5.92 Å². The number of amides is 1. The highest BCUT2D eigenvalue weighted by Gasteiger charge is 2.58. The Bertz CT molecular complexity index is 340. The van der Waals surface area contributed by atoms with Crippen molar-refractivity contribution in [3.8, 4) is 12.3 Å². The third-order valence-electron chi connectivity index (χ3n) is 4.74. The van der Waals surface area contributed by atoms with Crippen molar-refractivity contribution in [2.24, 2.45) is 10.8 Å². The molecule has 0 radical (unpaired) electrons. The largest absolute Gasteiger partial charge is 0.342 e. The van der Waals surface area contributed by atoms with Crippen molar-refractivity contribution in [2.45, 2.75) is 38.5 Å². The molecule has 80 valence electrons. The lowest BCUT2D eigenvalue weighted by molar-refractivity contribution is -0.145. The zero-order chi connectivity index (χ0) is 10.5. The van der Waals surface area contributed by atoms with Gasteiger partial charge in [0.25, 0.3) is 0 Å². The minimum Gasteiger partial charge on any atom is -0.342 e. The number of nitrogens with zero attached hydrogens (tertiary/aromatic N) is 1. The first-order chi connectivity index (χ1) is 7.20. The molecule has 0 spiro atoms. The molecule has 0 aromatic heterocycles. The Balaban J connectivity index is 1.82. The fourth-order valence-corrected chi connectivity index (χ4v) is 3.55. The number of fused-ring (bicyclic) bond motifs is 2. The highest BCUT2D eigenvalue weighted by molar-refractivity contribution is 5.84. The number of carbonyl (C=O) groups is 1. The smallest absolute Gasteiger partial charge is 0.228 e. The number of rotatable bonds is 1. The summed E-state index contributed by atoms with van der Waals surface area (Å²) in [5, 5.41) is 0. The van der Waals surface area contributed by atoms with Gasteiger partial charge in [0.15, 0.2) is 0 Å². The molecule has 0 atom stereocenters. The Morgan fingerprint density at radius 1 is 1.20 bits per heavy atom. The molecule has 0 N–H and O–H groups in total. The summed E-state index contributed by atoms with van der Waals surface area (Å²) in [6.07, 6.45) is 12.0. The summed E-state index contributed by atoms with van der Waals surface area (Å²) in [6, 6.07) is 0. The summed E-state index contributed by atoms with van der Waals surface area (Å²) in [7, 11) is 0. The summed E-state index contributed by atoms with van der Waals surface area (Å²) in [5.74, 6) is 3.36. The predicted octanol–water partition coefficient (Wildman–Crippen LogP) is 1.80. The first-order valence-corrected chi connectivity index (χ1v) is 5.97. The summed E-state index contributed by atoms with van der Waals surface area (Å²) < 4.78 is 0. The Morgan fingerprint density at radius 2 is 1.87 bits per heavy atom. The number of likely N-dealkylation sites (tertiary alicyclic amines) is 1. The van der Waals surface area contributed by atoms with Gasteiger partial charge in [0.1, 0.15) is 0 Å². The molecule has 2 bridgehead atoms. The fourth-order valence-electron chi connectivity index (χ4n) is 3.55. The molecule has 2 aliphatic carbocycles. The second-order valence-corrected chi connectivity index (χ2v) is 5.53. The van der Waals surface area contributed by atoms with Crippen molar-refractivity contribution in [2.75, 3.05) is 13.1 Å². The van der Waals surface area contributed by atoms with Gasteiger partial charge >= 0.3 is 0 Å². The van der Waals surface area contributed by atoms with Crippen LogP contribution in [0.25, 0.3) is 0 Å². The second kappa shape index (κ2) is 2.78. The van der Waals surface area contributed by atoms with E-state index in [9.17, 15) is 4.79 Å². The van der Waals surface area contributed by atoms with Gasteiger partial charge in [-0.05, 0) is 38.5 Å². The Morgan fingerprint density at radius 3 is 2.27 bits per heavy atom. The van der Waals surface area contributed by atoms with E-state index in [2.05, 4.69) is 5.92 Å². The maximum Gasteiger partial charge on any atom is 0.228 e. The third kappa shape index (κ3) is 1.10. The highest BCUT2D eigenvalue weighted by atomic mass is 16.2. The summed E-state index contributed by atoms with van der Waals surface area (Å²) in [6.45, 7) is 1.95. The molecule has 2 nitrogen and oxygen atoms in total. The molecule has 2 heteroatoms. The van der Waals surface area contributed by atoms with Gasteiger partial charge < -0.3 is 4.90 Å². The minimum absolute atomic E-state index is 0.0488. The lowest BCUT2D eigenvalue weighted by Crippen LogP contribution is -2.48. The Kier molecular flexibility index (Phi) is 1.72. The van der Waals surface area contributed by atoms with Crippen LogP contribution in [0.3, 0.4) is 0 Å². The maximum absolute atomic E-state index is 12.3. The van der Waals surface area contributed by atoms with Crippen molar-refractivity contribution >= 4 is 5.91 Å². The van der Waals surface area contributed by atoms with E-state index in [1.54, 1.807) is 0 Å². The van der Waals surface area contributed by atoms with Gasteiger partial charge in [-0.2, -0.15) is 0 Å². The van der Waals surface area contributed by atoms with Crippen molar-refractivity contribution in [1.82, 2.24) is 4.90 Å². The molecule has 3 rings (SSSR count). The van der Waals surface area contributed by atoms with E-state index in [-0.39, 0.29) is 10.8 Å². The number of terminal acetylenes is 1. The number of hydrogen-bond acceptors (Lipinski definition) is 1. The normalized spacial score (nSPS) is 42.5. The molecule has 1 aliphatic heterocycles. The van der Waals surface area contributed by atoms with Crippen LogP contribution in [0.2, 0.25) is 0 Å². The summed E-state index contributed by atoms with van der Waals surface area (Å²) in [4.78, 5) is 14.3. The monoisotopic (exact) mass is 203 g/mol. The van der Waals surface area contributed by atoms with Crippen molar-refractivity contribution in [1.29, 1.82) is 0 Å². The topological polar surface area (TPSA) is 20.3 Å². The Labute approximate surface area is 91.0 Å². The SMILES string of the molecule is C#CC12CCC(C(=O)N3CCC3)(CC1)C2. The molecule has 2 saturated carbocycles. The third-order valence-corrected chi connectivity index (χ3v) is 4.74. The predicted molar refractivity (Wildman–Crippen MR) is 58.0 cm³/mol. The molecule has 1 heterocycles. The molecular formula is C13H17NO. The molecule has 1 amide bonds. The van der Waals surface area contributed by atoms with E-state index < -0.39 is 0 Å². The van der Waals surface area contributed by atoms with Crippen LogP contribution in [0.5, 0.6) is 0 Å². The Hall–Kier alpha value is -0.970. The van der Waals surface area contributed by atoms with Crippen LogP contribution in [-0.2, 0) is 4.79 Å². The van der Waals surface area contributed by atoms with E-state index >= 15 is 0 Å². The van der Waals surface area contributed by atoms with E-state index in [4.69, 9.17) is 6.42 Å². The van der Waals surface area contributed by atoms with Crippen LogP contribution in [0.4, 0.5) is 0 Å². The van der Waals surface area contributed by atoms with Crippen molar-refractivity contribution in [3.63, 3.8) is 0 Å². The molecular weight excluding hydrogens is 186 g/mol. The van der Waals surface area contributed by atoms with Gasteiger partial charge in [-0.3, -0.25) is 4.79 Å². The van der Waals surface area contributed by atoms with Gasteiger partial charge in [-0.15, -0.1) is 6.42 Å². The van der Waals surface area contributed by atoms with Gasteiger partial charge in [0.2, 0.25) is 5.91 Å². The first-order valence-electron chi connectivity index (χ1n) is 5.97. The van der Waals surface area contributed by atoms with Crippen LogP contribution in [-0.4, -0.2) is 23.9 Å². The molecule has 15 heavy (non-hydrogen) atoms. The standard InChI is InChI=1S/C13H17NO/c1-2-12-4-6-13(10-12,7-5-12)11(15)14-8-3-9-14/h1H,3-10H2. The van der Waals surface area contributed by atoms with Crippen LogP contribution in [0, 0.1) is 23.2 Å². The maximum atomic E-state index is 12.3. The molecule has 0 aromatic carbocycles. The number of carbonyl (C=O) groups excluding carboxylic acids is 1. The van der Waals surface area contributed by atoms with E-state index in [0.29, 0.717) is 5.91 Å². The van der Waals surface area contributed by atoms with Gasteiger partial charge in [0.05, 0.1) is 5.41 Å². The first kappa shape index (κ1) is 9.27. The van der Waals surface area contributed by atoms with E-state index in [0.717, 1.165) is 45.2 Å². The van der Waals surface area contributed by atoms with Crippen LogP contribution in [0.1, 0.15) is 38.5 Å². The quantitative estimate of drug-likeness (QED) is 0.595. The molecule has 0 unspecified atom stereocenters. The molecule has 0 aromatic rings. The van der Waals surface area contributed by atoms with Crippen LogP contribution in [0.15, 0.2) is 0 Å². The van der Waals surface area contributed by atoms with Crippen molar-refractivity contribution < 1.29 is 4.79 Å². The fraction of sp³-hybridized carbons (Fsp3) is 0.769. The average molecular weight is 203 g/mol. The van der Waals surface area contributed by atoms with Crippen LogP contribution < -0.4 is 0 Å². The molecule has 3 aliphatic rings. The molecule has 3 fully saturated rings. The van der Waals surface area contributed by atoms with Crippen molar-refractivity contribution in [3.05, 3.63) is 0 Å². The van der Waals surface area contributed by atoms with Gasteiger partial charge in [-0.25, -0.2) is 0 Å². The van der Waals surface area contributed by atoms with E-state index in [1.807, 2.05) is 4.90 Å². The number of hydrogen-bond donors (Lipinski definition) is 0. The lowest BCUT2D eigenvalue weighted by Gasteiger charge is -2.38. The minimum atomic E-state index is -0.0488.